The van der Waals surface area contributed by atoms with Gasteiger partial charge < -0.3 is 10.2 Å². The van der Waals surface area contributed by atoms with Crippen LogP contribution in [0.1, 0.15) is 46.5 Å². The Labute approximate surface area is 106 Å². The fourth-order valence-electron chi connectivity index (χ4n) is 2.44. The summed E-state index contributed by atoms with van der Waals surface area (Å²) in [5.74, 6) is 1.06. The topological polar surface area (TPSA) is 32.3 Å². The van der Waals surface area contributed by atoms with E-state index in [1.54, 1.807) is 0 Å². The lowest BCUT2D eigenvalue weighted by Crippen LogP contribution is -2.51. The van der Waals surface area contributed by atoms with Crippen LogP contribution in [-0.4, -0.2) is 37.0 Å². The van der Waals surface area contributed by atoms with E-state index in [-0.39, 0.29) is 11.8 Å². The average molecular weight is 240 g/mol. The number of hydrogen-bond acceptors (Lipinski definition) is 2. The van der Waals surface area contributed by atoms with Crippen LogP contribution in [0.4, 0.5) is 0 Å². The summed E-state index contributed by atoms with van der Waals surface area (Å²) in [4.78, 5) is 14.2. The van der Waals surface area contributed by atoms with Gasteiger partial charge in [-0.25, -0.2) is 0 Å². The molecule has 1 rings (SSSR count). The first-order valence-electron chi connectivity index (χ1n) is 6.96. The van der Waals surface area contributed by atoms with Crippen LogP contribution in [0.15, 0.2) is 0 Å². The number of carbonyl (C=O) groups is 1. The molecule has 0 bridgehead atoms. The highest BCUT2D eigenvalue weighted by Gasteiger charge is 2.36. The molecule has 0 aromatic heterocycles. The molecular formula is C14H28N2O. The van der Waals surface area contributed by atoms with Crippen molar-refractivity contribution in [2.45, 2.75) is 58.5 Å². The smallest absolute Gasteiger partial charge is 0.223 e. The van der Waals surface area contributed by atoms with Crippen LogP contribution in [0.5, 0.6) is 0 Å². The van der Waals surface area contributed by atoms with Crippen molar-refractivity contribution in [3.05, 3.63) is 0 Å². The average Bonchev–Trinajstić information content (AvgIpc) is 2.23. The van der Waals surface area contributed by atoms with E-state index in [1.165, 1.54) is 12.8 Å². The Morgan fingerprint density at radius 3 is 2.29 bits per heavy atom. The number of rotatable bonds is 6. The van der Waals surface area contributed by atoms with Crippen molar-refractivity contribution < 1.29 is 4.79 Å². The number of amides is 1. The standard InChI is InChI=1S/C14H28N2O/c1-6-10(3)14(17)15-13(7-2)11-8-12(9-11)16(4)5/h10-13H,6-9H2,1-5H3,(H,15,17)/t10?,11?,12?,13-/m1/s1. The number of hydrogen-bond donors (Lipinski definition) is 1. The van der Waals surface area contributed by atoms with Gasteiger partial charge in [-0.3, -0.25) is 4.79 Å². The van der Waals surface area contributed by atoms with Crippen molar-refractivity contribution >= 4 is 5.91 Å². The molecule has 17 heavy (non-hydrogen) atoms. The molecule has 1 aliphatic carbocycles. The predicted octanol–water partition coefficient (Wildman–Crippen LogP) is 2.27. The largest absolute Gasteiger partial charge is 0.353 e. The molecule has 1 unspecified atom stereocenters. The van der Waals surface area contributed by atoms with Crippen LogP contribution < -0.4 is 5.32 Å². The quantitative estimate of drug-likeness (QED) is 0.772. The second-order valence-corrected chi connectivity index (χ2v) is 5.68. The Balaban J connectivity index is 2.38. The Morgan fingerprint density at radius 1 is 1.29 bits per heavy atom. The fourth-order valence-corrected chi connectivity index (χ4v) is 2.44. The third kappa shape index (κ3) is 3.70. The predicted molar refractivity (Wildman–Crippen MR) is 71.9 cm³/mol. The van der Waals surface area contributed by atoms with E-state index in [1.807, 2.05) is 6.92 Å². The minimum Gasteiger partial charge on any atom is -0.353 e. The molecular weight excluding hydrogens is 212 g/mol. The Bertz CT molecular complexity index is 247. The molecule has 0 radical (unpaired) electrons. The van der Waals surface area contributed by atoms with Gasteiger partial charge in [-0.05, 0) is 45.7 Å². The van der Waals surface area contributed by atoms with Crippen molar-refractivity contribution in [3.8, 4) is 0 Å². The van der Waals surface area contributed by atoms with E-state index >= 15 is 0 Å². The summed E-state index contributed by atoms with van der Waals surface area (Å²) in [7, 11) is 4.28. The summed E-state index contributed by atoms with van der Waals surface area (Å²) in [6.07, 6.45) is 4.43. The summed E-state index contributed by atoms with van der Waals surface area (Å²) in [6.45, 7) is 6.24. The number of nitrogens with zero attached hydrogens (tertiary/aromatic N) is 1. The monoisotopic (exact) mass is 240 g/mol. The molecule has 0 saturated heterocycles. The summed E-state index contributed by atoms with van der Waals surface area (Å²) < 4.78 is 0. The van der Waals surface area contributed by atoms with Gasteiger partial charge in [0.1, 0.15) is 0 Å². The second kappa shape index (κ2) is 6.39. The third-order valence-electron chi connectivity index (χ3n) is 4.28. The van der Waals surface area contributed by atoms with E-state index in [9.17, 15) is 4.79 Å². The van der Waals surface area contributed by atoms with Gasteiger partial charge in [0, 0.05) is 18.0 Å². The Hall–Kier alpha value is -0.570. The molecule has 3 nitrogen and oxygen atoms in total. The molecule has 1 saturated carbocycles. The minimum absolute atomic E-state index is 0.147. The van der Waals surface area contributed by atoms with Gasteiger partial charge in [-0.1, -0.05) is 20.8 Å². The van der Waals surface area contributed by atoms with Crippen LogP contribution in [0.3, 0.4) is 0 Å². The van der Waals surface area contributed by atoms with E-state index in [4.69, 9.17) is 0 Å². The highest BCUT2D eigenvalue weighted by Crippen LogP contribution is 2.34. The van der Waals surface area contributed by atoms with E-state index in [2.05, 4.69) is 38.2 Å². The van der Waals surface area contributed by atoms with Gasteiger partial charge in [0.2, 0.25) is 5.91 Å². The summed E-state index contributed by atoms with van der Waals surface area (Å²) >= 11 is 0. The molecule has 0 aromatic rings. The SMILES string of the molecule is CCC(C)C(=O)N[C@H](CC)C1CC(N(C)C)C1. The normalized spacial score (nSPS) is 27.4. The van der Waals surface area contributed by atoms with Gasteiger partial charge in [0.15, 0.2) is 0 Å². The molecule has 0 aliphatic heterocycles. The first-order valence-corrected chi connectivity index (χ1v) is 6.96. The van der Waals surface area contributed by atoms with E-state index < -0.39 is 0 Å². The number of nitrogens with one attached hydrogen (secondary N) is 1. The van der Waals surface area contributed by atoms with Gasteiger partial charge >= 0.3 is 0 Å². The molecule has 0 spiro atoms. The first kappa shape index (κ1) is 14.5. The van der Waals surface area contributed by atoms with Crippen LogP contribution in [-0.2, 0) is 4.79 Å². The molecule has 3 heteroatoms. The lowest BCUT2D eigenvalue weighted by Gasteiger charge is -2.43. The Kier molecular flexibility index (Phi) is 5.44. The lowest BCUT2D eigenvalue weighted by atomic mass is 9.74. The van der Waals surface area contributed by atoms with Crippen molar-refractivity contribution in [1.82, 2.24) is 10.2 Å². The molecule has 1 N–H and O–H groups in total. The van der Waals surface area contributed by atoms with Crippen molar-refractivity contribution in [1.29, 1.82) is 0 Å². The lowest BCUT2D eigenvalue weighted by molar-refractivity contribution is -0.126. The molecule has 1 fully saturated rings. The van der Waals surface area contributed by atoms with Gasteiger partial charge in [-0.2, -0.15) is 0 Å². The van der Waals surface area contributed by atoms with Crippen molar-refractivity contribution in [2.75, 3.05) is 14.1 Å². The molecule has 1 amide bonds. The molecule has 100 valence electrons. The van der Waals surface area contributed by atoms with Crippen LogP contribution in [0.25, 0.3) is 0 Å². The third-order valence-corrected chi connectivity index (χ3v) is 4.28. The van der Waals surface area contributed by atoms with E-state index in [0.717, 1.165) is 18.9 Å². The highest BCUT2D eigenvalue weighted by atomic mass is 16.1. The van der Waals surface area contributed by atoms with Gasteiger partial charge in [0.25, 0.3) is 0 Å². The van der Waals surface area contributed by atoms with Crippen molar-refractivity contribution in [2.24, 2.45) is 11.8 Å². The molecule has 0 aromatic carbocycles. The highest BCUT2D eigenvalue weighted by molar-refractivity contribution is 5.78. The van der Waals surface area contributed by atoms with Crippen LogP contribution in [0.2, 0.25) is 0 Å². The fraction of sp³-hybridized carbons (Fsp3) is 0.929. The van der Waals surface area contributed by atoms with Crippen molar-refractivity contribution in [3.63, 3.8) is 0 Å². The summed E-state index contributed by atoms with van der Waals surface area (Å²) in [5, 5.41) is 3.22. The zero-order valence-electron chi connectivity index (χ0n) is 12.0. The maximum Gasteiger partial charge on any atom is 0.223 e. The second-order valence-electron chi connectivity index (χ2n) is 5.68. The zero-order chi connectivity index (χ0) is 13.0. The maximum atomic E-state index is 11.9. The Morgan fingerprint density at radius 2 is 1.88 bits per heavy atom. The molecule has 1 aliphatic rings. The van der Waals surface area contributed by atoms with E-state index in [0.29, 0.717) is 12.0 Å². The van der Waals surface area contributed by atoms with Crippen LogP contribution >= 0.6 is 0 Å². The van der Waals surface area contributed by atoms with Crippen LogP contribution in [0, 0.1) is 11.8 Å². The summed E-state index contributed by atoms with van der Waals surface area (Å²) in [5.41, 5.74) is 0. The molecule has 0 heterocycles. The number of carbonyl (C=O) groups excluding carboxylic acids is 1. The summed E-state index contributed by atoms with van der Waals surface area (Å²) in [6, 6.07) is 1.10. The van der Waals surface area contributed by atoms with Gasteiger partial charge in [-0.15, -0.1) is 0 Å². The maximum absolute atomic E-state index is 11.9. The molecule has 2 atom stereocenters. The minimum atomic E-state index is 0.147. The first-order chi connectivity index (χ1) is 7.99. The van der Waals surface area contributed by atoms with Gasteiger partial charge in [0.05, 0.1) is 0 Å². The zero-order valence-corrected chi connectivity index (χ0v) is 12.0.